The van der Waals surface area contributed by atoms with E-state index in [1.165, 1.54) is 17.7 Å². The molecule has 110 valence electrons. The van der Waals surface area contributed by atoms with E-state index in [2.05, 4.69) is 21.7 Å². The lowest BCUT2D eigenvalue weighted by molar-refractivity contribution is 0.185. The molecule has 21 heavy (non-hydrogen) atoms. The van der Waals surface area contributed by atoms with Gasteiger partial charge in [-0.2, -0.15) is 0 Å². The summed E-state index contributed by atoms with van der Waals surface area (Å²) in [5.41, 5.74) is 0.747. The molecule has 3 rings (SSSR count). The van der Waals surface area contributed by atoms with Crippen LogP contribution in [0, 0.1) is 0 Å². The van der Waals surface area contributed by atoms with Crippen molar-refractivity contribution in [2.45, 2.75) is 38.3 Å². The molecule has 4 nitrogen and oxygen atoms in total. The number of urea groups is 1. The minimum Gasteiger partial charge on any atom is -0.316 e. The van der Waals surface area contributed by atoms with Gasteiger partial charge in [-0.1, -0.05) is 18.9 Å². The summed E-state index contributed by atoms with van der Waals surface area (Å²) in [5, 5.41) is 5.02. The first kappa shape index (κ1) is 14.1. The van der Waals surface area contributed by atoms with E-state index in [1.807, 2.05) is 23.1 Å². The van der Waals surface area contributed by atoms with Crippen molar-refractivity contribution < 1.29 is 4.79 Å². The lowest BCUT2D eigenvalue weighted by atomic mass is 10.2. The van der Waals surface area contributed by atoms with E-state index in [4.69, 9.17) is 0 Å². The van der Waals surface area contributed by atoms with Crippen molar-refractivity contribution >= 4 is 23.1 Å². The van der Waals surface area contributed by atoms with Crippen LogP contribution in [0.5, 0.6) is 0 Å². The van der Waals surface area contributed by atoms with Gasteiger partial charge in [0.1, 0.15) is 0 Å². The van der Waals surface area contributed by atoms with Gasteiger partial charge in [0.25, 0.3) is 0 Å². The van der Waals surface area contributed by atoms with Crippen LogP contribution in [-0.2, 0) is 6.54 Å². The van der Waals surface area contributed by atoms with E-state index < -0.39 is 0 Å². The van der Waals surface area contributed by atoms with E-state index in [0.717, 1.165) is 18.5 Å². The zero-order valence-corrected chi connectivity index (χ0v) is 12.7. The standard InChI is InChI=1S/C16H19N3OS/c20-16(18-13-5-3-9-17-11-13)19(14-6-1-2-7-14)12-15-8-4-10-21-15/h3-5,8-11,14H,1-2,6-7,12H2,(H,18,20). The van der Waals surface area contributed by atoms with Gasteiger partial charge in [0.15, 0.2) is 0 Å². The molecule has 0 spiro atoms. The van der Waals surface area contributed by atoms with Crippen LogP contribution in [0.3, 0.4) is 0 Å². The van der Waals surface area contributed by atoms with E-state index in [9.17, 15) is 4.79 Å². The molecule has 1 N–H and O–H groups in total. The van der Waals surface area contributed by atoms with Crippen molar-refractivity contribution in [3.05, 3.63) is 46.9 Å². The first-order valence-corrected chi connectivity index (χ1v) is 8.21. The zero-order chi connectivity index (χ0) is 14.5. The first-order valence-electron chi connectivity index (χ1n) is 7.33. The molecule has 2 amide bonds. The van der Waals surface area contributed by atoms with Crippen molar-refractivity contribution in [2.75, 3.05) is 5.32 Å². The molecule has 1 aliphatic carbocycles. The zero-order valence-electron chi connectivity index (χ0n) is 11.9. The number of amides is 2. The Bertz CT molecular complexity index is 564. The normalized spacial score (nSPS) is 15.0. The van der Waals surface area contributed by atoms with Crippen LogP contribution in [0.4, 0.5) is 10.5 Å². The van der Waals surface area contributed by atoms with Gasteiger partial charge in [0.2, 0.25) is 0 Å². The van der Waals surface area contributed by atoms with Crippen LogP contribution in [0.15, 0.2) is 42.0 Å². The Balaban J connectivity index is 1.72. The minimum absolute atomic E-state index is 0.0247. The molecule has 0 atom stereocenters. The van der Waals surface area contributed by atoms with Crippen molar-refractivity contribution in [3.8, 4) is 0 Å². The highest BCUT2D eigenvalue weighted by Crippen LogP contribution is 2.26. The summed E-state index contributed by atoms with van der Waals surface area (Å²) in [7, 11) is 0. The lowest BCUT2D eigenvalue weighted by Gasteiger charge is -2.28. The van der Waals surface area contributed by atoms with Crippen molar-refractivity contribution in [1.29, 1.82) is 0 Å². The predicted octanol–water partition coefficient (Wildman–Crippen LogP) is 4.12. The Morgan fingerprint density at radius 1 is 1.33 bits per heavy atom. The number of nitrogens with zero attached hydrogens (tertiary/aromatic N) is 2. The minimum atomic E-state index is -0.0247. The van der Waals surface area contributed by atoms with Gasteiger partial charge >= 0.3 is 6.03 Å². The van der Waals surface area contributed by atoms with Crippen LogP contribution in [0.1, 0.15) is 30.6 Å². The summed E-state index contributed by atoms with van der Waals surface area (Å²) in [4.78, 5) is 19.9. The fourth-order valence-electron chi connectivity index (χ4n) is 2.79. The molecule has 0 aliphatic heterocycles. The Morgan fingerprint density at radius 2 is 2.19 bits per heavy atom. The fourth-order valence-corrected chi connectivity index (χ4v) is 3.49. The number of carbonyl (C=O) groups excluding carboxylic acids is 1. The topological polar surface area (TPSA) is 45.2 Å². The number of aromatic nitrogens is 1. The second kappa shape index (κ2) is 6.72. The van der Waals surface area contributed by atoms with Gasteiger partial charge in [-0.25, -0.2) is 4.79 Å². The van der Waals surface area contributed by atoms with Crippen LogP contribution >= 0.6 is 11.3 Å². The Hall–Kier alpha value is -1.88. The van der Waals surface area contributed by atoms with Crippen molar-refractivity contribution in [2.24, 2.45) is 0 Å². The Labute approximate surface area is 128 Å². The van der Waals surface area contributed by atoms with Gasteiger partial charge in [-0.05, 0) is 36.4 Å². The van der Waals surface area contributed by atoms with Gasteiger partial charge < -0.3 is 10.2 Å². The largest absolute Gasteiger partial charge is 0.322 e. The first-order chi connectivity index (χ1) is 10.3. The Kier molecular flexibility index (Phi) is 4.50. The Morgan fingerprint density at radius 3 is 2.86 bits per heavy atom. The number of hydrogen-bond donors (Lipinski definition) is 1. The number of carbonyl (C=O) groups is 1. The summed E-state index contributed by atoms with van der Waals surface area (Å²) < 4.78 is 0. The molecule has 1 saturated carbocycles. The molecule has 0 aromatic carbocycles. The molecule has 2 aromatic heterocycles. The maximum atomic E-state index is 12.6. The summed E-state index contributed by atoms with van der Waals surface area (Å²) in [6.45, 7) is 0.689. The SMILES string of the molecule is O=C(Nc1cccnc1)N(Cc1cccs1)C1CCCC1. The fraction of sp³-hybridized carbons (Fsp3) is 0.375. The van der Waals surface area contributed by atoms with Crippen LogP contribution in [0.2, 0.25) is 0 Å². The second-order valence-corrected chi connectivity index (χ2v) is 6.35. The van der Waals surface area contributed by atoms with Crippen LogP contribution in [0.25, 0.3) is 0 Å². The maximum absolute atomic E-state index is 12.6. The van der Waals surface area contributed by atoms with Crippen molar-refractivity contribution in [1.82, 2.24) is 9.88 Å². The quantitative estimate of drug-likeness (QED) is 0.923. The third-order valence-corrected chi connectivity index (χ3v) is 4.71. The third kappa shape index (κ3) is 3.61. The maximum Gasteiger partial charge on any atom is 0.322 e. The van der Waals surface area contributed by atoms with E-state index in [0.29, 0.717) is 12.6 Å². The summed E-state index contributed by atoms with van der Waals surface area (Å²) >= 11 is 1.70. The van der Waals surface area contributed by atoms with Gasteiger partial charge in [-0.15, -0.1) is 11.3 Å². The number of hydrogen-bond acceptors (Lipinski definition) is 3. The predicted molar refractivity (Wildman–Crippen MR) is 85.4 cm³/mol. The second-order valence-electron chi connectivity index (χ2n) is 5.32. The molecule has 2 heterocycles. The van der Waals surface area contributed by atoms with Crippen LogP contribution < -0.4 is 5.32 Å². The van der Waals surface area contributed by atoms with Gasteiger partial charge in [0, 0.05) is 17.1 Å². The number of anilines is 1. The molecular formula is C16H19N3OS. The third-order valence-electron chi connectivity index (χ3n) is 3.85. The highest BCUT2D eigenvalue weighted by atomic mass is 32.1. The lowest BCUT2D eigenvalue weighted by Crippen LogP contribution is -2.40. The van der Waals surface area contributed by atoms with Gasteiger partial charge in [-0.3, -0.25) is 4.98 Å². The number of pyridine rings is 1. The number of thiophene rings is 1. The van der Waals surface area contributed by atoms with E-state index in [1.54, 1.807) is 23.7 Å². The van der Waals surface area contributed by atoms with E-state index in [-0.39, 0.29) is 6.03 Å². The molecule has 0 unspecified atom stereocenters. The number of rotatable bonds is 4. The molecule has 0 bridgehead atoms. The van der Waals surface area contributed by atoms with Crippen molar-refractivity contribution in [3.63, 3.8) is 0 Å². The molecular weight excluding hydrogens is 282 g/mol. The molecule has 1 aliphatic rings. The van der Waals surface area contributed by atoms with Gasteiger partial charge in [0.05, 0.1) is 18.4 Å². The average molecular weight is 301 g/mol. The summed E-state index contributed by atoms with van der Waals surface area (Å²) in [6.07, 6.45) is 8.02. The highest BCUT2D eigenvalue weighted by Gasteiger charge is 2.27. The molecule has 5 heteroatoms. The highest BCUT2D eigenvalue weighted by molar-refractivity contribution is 7.09. The molecule has 0 saturated heterocycles. The summed E-state index contributed by atoms with van der Waals surface area (Å²) in [6, 6.07) is 8.14. The monoisotopic (exact) mass is 301 g/mol. The number of nitrogens with one attached hydrogen (secondary N) is 1. The smallest absolute Gasteiger partial charge is 0.316 e. The average Bonchev–Trinajstić information content (AvgIpc) is 3.19. The molecule has 0 radical (unpaired) electrons. The molecule has 2 aromatic rings. The van der Waals surface area contributed by atoms with Crippen LogP contribution in [-0.4, -0.2) is 22.0 Å². The summed E-state index contributed by atoms with van der Waals surface area (Å²) in [5.74, 6) is 0. The molecule has 1 fully saturated rings. The van der Waals surface area contributed by atoms with E-state index >= 15 is 0 Å².